The maximum absolute atomic E-state index is 12.6. The Labute approximate surface area is 159 Å². The first-order chi connectivity index (χ1) is 12.7. The fourth-order valence-corrected chi connectivity index (χ4v) is 3.27. The average Bonchev–Trinajstić information content (AvgIpc) is 3.14. The van der Waals surface area contributed by atoms with Crippen LogP contribution in [-0.2, 0) is 7.05 Å². The largest absolute Gasteiger partial charge is 0.330 e. The van der Waals surface area contributed by atoms with Crippen molar-refractivity contribution >= 4 is 29.1 Å². The SMILES string of the molecule is Cl.Cn1c(=O)n(C2CNC2)c2nc(-c3cnn4ccc(C#N)cc34)ncc21. The van der Waals surface area contributed by atoms with Gasteiger partial charge < -0.3 is 5.32 Å². The second-order valence-electron chi connectivity index (χ2n) is 6.34. The normalized spacial score (nSPS) is 14.1. The van der Waals surface area contributed by atoms with E-state index in [2.05, 4.69) is 26.5 Å². The zero-order chi connectivity index (χ0) is 17.8. The summed E-state index contributed by atoms with van der Waals surface area (Å²) in [5.41, 5.74) is 3.23. The second-order valence-corrected chi connectivity index (χ2v) is 6.34. The first kappa shape index (κ1) is 17.2. The summed E-state index contributed by atoms with van der Waals surface area (Å²) in [6, 6.07) is 5.68. The van der Waals surface area contributed by atoms with Crippen molar-refractivity contribution in [3.63, 3.8) is 0 Å². The maximum Gasteiger partial charge on any atom is 0.330 e. The molecule has 0 amide bonds. The predicted molar refractivity (Wildman–Crippen MR) is 101 cm³/mol. The molecule has 136 valence electrons. The number of aromatic nitrogens is 6. The molecule has 1 fully saturated rings. The van der Waals surface area contributed by atoms with Crippen molar-refractivity contribution in [2.45, 2.75) is 6.04 Å². The molecule has 5 heterocycles. The summed E-state index contributed by atoms with van der Waals surface area (Å²) in [6.45, 7) is 1.50. The third-order valence-electron chi connectivity index (χ3n) is 4.85. The highest BCUT2D eigenvalue weighted by molar-refractivity contribution is 5.85. The lowest BCUT2D eigenvalue weighted by Crippen LogP contribution is -2.47. The van der Waals surface area contributed by atoms with Crippen molar-refractivity contribution in [2.75, 3.05) is 13.1 Å². The third kappa shape index (κ3) is 2.42. The first-order valence-electron chi connectivity index (χ1n) is 8.20. The van der Waals surface area contributed by atoms with Crippen LogP contribution >= 0.6 is 12.4 Å². The zero-order valence-corrected chi connectivity index (χ0v) is 15.1. The molecule has 4 aromatic heterocycles. The Kier molecular flexibility index (Phi) is 3.95. The van der Waals surface area contributed by atoms with Crippen LogP contribution in [-0.4, -0.2) is 41.8 Å². The number of aryl methyl sites for hydroxylation is 1. The minimum Gasteiger partial charge on any atom is -0.313 e. The van der Waals surface area contributed by atoms with Crippen LogP contribution in [0.5, 0.6) is 0 Å². The topological polar surface area (TPSA) is 106 Å². The molecule has 5 rings (SSSR count). The molecule has 0 bridgehead atoms. The van der Waals surface area contributed by atoms with E-state index in [1.54, 1.807) is 51.4 Å². The minimum absolute atomic E-state index is 0. The predicted octanol–water partition coefficient (Wildman–Crippen LogP) is 0.882. The van der Waals surface area contributed by atoms with Crippen molar-refractivity contribution in [3.8, 4) is 17.5 Å². The van der Waals surface area contributed by atoms with E-state index in [4.69, 9.17) is 5.26 Å². The second kappa shape index (κ2) is 6.19. The Balaban J connectivity index is 0.00000180. The van der Waals surface area contributed by atoms with E-state index in [-0.39, 0.29) is 24.1 Å². The molecule has 0 unspecified atom stereocenters. The van der Waals surface area contributed by atoms with Crippen LogP contribution in [0.2, 0.25) is 0 Å². The molecule has 0 aliphatic carbocycles. The Hall–Kier alpha value is -3.22. The summed E-state index contributed by atoms with van der Waals surface area (Å²) >= 11 is 0. The van der Waals surface area contributed by atoms with Gasteiger partial charge in [-0.05, 0) is 12.1 Å². The van der Waals surface area contributed by atoms with Gasteiger partial charge in [0.2, 0.25) is 0 Å². The van der Waals surface area contributed by atoms with Crippen LogP contribution in [0.1, 0.15) is 11.6 Å². The molecule has 0 spiro atoms. The van der Waals surface area contributed by atoms with Gasteiger partial charge in [0.15, 0.2) is 11.5 Å². The molecule has 0 saturated carbocycles. The Morgan fingerprint density at radius 1 is 1.30 bits per heavy atom. The quantitative estimate of drug-likeness (QED) is 0.551. The standard InChI is InChI=1S/C17H14N8O.ClH/c1-23-14-9-20-15(22-16(14)25(17(23)26)11-6-19-7-11)12-8-21-24-3-2-10(5-18)4-13(12)24;/h2-4,8-9,11,19H,6-7H2,1H3;1H. The van der Waals surface area contributed by atoms with Gasteiger partial charge in [-0.2, -0.15) is 10.4 Å². The minimum atomic E-state index is -0.0930. The molecule has 0 atom stereocenters. The summed E-state index contributed by atoms with van der Waals surface area (Å²) in [4.78, 5) is 21.7. The van der Waals surface area contributed by atoms with E-state index in [1.165, 1.54) is 0 Å². The molecule has 4 aromatic rings. The molecule has 27 heavy (non-hydrogen) atoms. The summed E-state index contributed by atoms with van der Waals surface area (Å²) in [5, 5.41) is 16.6. The Morgan fingerprint density at radius 2 is 2.11 bits per heavy atom. The van der Waals surface area contributed by atoms with Crippen molar-refractivity contribution in [1.82, 2.24) is 34.0 Å². The van der Waals surface area contributed by atoms with Gasteiger partial charge in [-0.1, -0.05) is 0 Å². The van der Waals surface area contributed by atoms with Gasteiger partial charge in [0.25, 0.3) is 0 Å². The third-order valence-corrected chi connectivity index (χ3v) is 4.85. The van der Waals surface area contributed by atoms with Crippen LogP contribution < -0.4 is 11.0 Å². The number of fused-ring (bicyclic) bond motifs is 2. The van der Waals surface area contributed by atoms with Gasteiger partial charge in [0.1, 0.15) is 5.52 Å². The number of nitrogens with one attached hydrogen (secondary N) is 1. The first-order valence-corrected chi connectivity index (χ1v) is 8.20. The molecule has 0 aromatic carbocycles. The lowest BCUT2D eigenvalue weighted by Gasteiger charge is -2.27. The number of rotatable bonds is 2. The molecule has 1 aliphatic rings. The van der Waals surface area contributed by atoms with Gasteiger partial charge in [-0.15, -0.1) is 12.4 Å². The molecule has 1 N–H and O–H groups in total. The molecule has 10 heteroatoms. The van der Waals surface area contributed by atoms with Crippen molar-refractivity contribution < 1.29 is 0 Å². The van der Waals surface area contributed by atoms with Crippen molar-refractivity contribution in [1.29, 1.82) is 5.26 Å². The average molecular weight is 383 g/mol. The fourth-order valence-electron chi connectivity index (χ4n) is 3.27. The molecule has 1 saturated heterocycles. The Bertz CT molecular complexity index is 1270. The maximum atomic E-state index is 12.6. The van der Waals surface area contributed by atoms with E-state index in [9.17, 15) is 4.79 Å². The summed E-state index contributed by atoms with van der Waals surface area (Å²) < 4.78 is 4.97. The van der Waals surface area contributed by atoms with Gasteiger partial charge in [0.05, 0.1) is 41.1 Å². The van der Waals surface area contributed by atoms with Crippen molar-refractivity contribution in [2.24, 2.45) is 7.05 Å². The van der Waals surface area contributed by atoms with E-state index in [0.29, 0.717) is 22.6 Å². The lowest BCUT2D eigenvalue weighted by atomic mass is 10.2. The number of halogens is 1. The van der Waals surface area contributed by atoms with Gasteiger partial charge in [-0.3, -0.25) is 9.13 Å². The van der Waals surface area contributed by atoms with Gasteiger partial charge >= 0.3 is 5.69 Å². The summed E-state index contributed by atoms with van der Waals surface area (Å²) in [7, 11) is 1.73. The molecule has 9 nitrogen and oxygen atoms in total. The summed E-state index contributed by atoms with van der Waals surface area (Å²) in [6.07, 6.45) is 5.07. The Morgan fingerprint density at radius 3 is 2.81 bits per heavy atom. The highest BCUT2D eigenvalue weighted by atomic mass is 35.5. The highest BCUT2D eigenvalue weighted by Gasteiger charge is 2.26. The molecular weight excluding hydrogens is 368 g/mol. The van der Waals surface area contributed by atoms with Crippen LogP contribution in [0.25, 0.3) is 28.1 Å². The number of pyridine rings is 1. The van der Waals surface area contributed by atoms with E-state index in [1.807, 2.05) is 0 Å². The van der Waals surface area contributed by atoms with Crippen LogP contribution in [0.3, 0.4) is 0 Å². The van der Waals surface area contributed by atoms with Gasteiger partial charge in [-0.25, -0.2) is 19.3 Å². The monoisotopic (exact) mass is 382 g/mol. The number of hydrogen-bond acceptors (Lipinski definition) is 6. The molecular formula is C17H15ClN8O. The van der Waals surface area contributed by atoms with Crippen LogP contribution in [0.4, 0.5) is 0 Å². The fraction of sp³-hybridized carbons (Fsp3) is 0.235. The van der Waals surface area contributed by atoms with E-state index >= 15 is 0 Å². The van der Waals surface area contributed by atoms with E-state index in [0.717, 1.165) is 24.2 Å². The van der Waals surface area contributed by atoms with Crippen LogP contribution in [0, 0.1) is 11.3 Å². The molecule has 1 aliphatic heterocycles. The van der Waals surface area contributed by atoms with Gasteiger partial charge in [0, 0.05) is 26.3 Å². The number of nitrogens with zero attached hydrogens (tertiary/aromatic N) is 7. The highest BCUT2D eigenvalue weighted by Crippen LogP contribution is 2.24. The number of nitriles is 1. The zero-order valence-electron chi connectivity index (χ0n) is 14.3. The number of hydrogen-bond donors (Lipinski definition) is 1. The molecule has 0 radical (unpaired) electrons. The number of imidazole rings is 1. The van der Waals surface area contributed by atoms with E-state index < -0.39 is 0 Å². The smallest absolute Gasteiger partial charge is 0.313 e. The lowest BCUT2D eigenvalue weighted by molar-refractivity contribution is 0.340. The summed E-state index contributed by atoms with van der Waals surface area (Å²) in [5.74, 6) is 0.481. The van der Waals surface area contributed by atoms with Crippen molar-refractivity contribution in [3.05, 3.63) is 46.8 Å². The van der Waals surface area contributed by atoms with Crippen LogP contribution in [0.15, 0.2) is 35.5 Å².